The predicted molar refractivity (Wildman–Crippen MR) is 130 cm³/mol. The predicted octanol–water partition coefficient (Wildman–Crippen LogP) is 4.61. The highest BCUT2D eigenvalue weighted by Gasteiger charge is 2.33. The number of carbonyl (C=O) groups is 1. The largest absolute Gasteiger partial charge is 0.348 e. The SMILES string of the molecule is C[C@@H](c1ccc2nc(C3CC3)cn2c1)n1cc(C(=O)NC2CC(c3cc(Cl)ccc3C#N)C2)nn1. The van der Waals surface area contributed by atoms with E-state index in [2.05, 4.69) is 38.5 Å². The second kappa shape index (κ2) is 8.51. The van der Waals surface area contributed by atoms with Crippen LogP contribution >= 0.6 is 11.6 Å². The number of hydrogen-bond donors (Lipinski definition) is 1. The summed E-state index contributed by atoms with van der Waals surface area (Å²) in [6.45, 7) is 2.03. The molecule has 0 unspecified atom stereocenters. The van der Waals surface area contributed by atoms with E-state index >= 15 is 0 Å². The Bertz CT molecular complexity index is 1470. The molecule has 0 bridgehead atoms. The molecule has 2 fully saturated rings. The number of hydrogen-bond acceptors (Lipinski definition) is 5. The molecule has 0 radical (unpaired) electrons. The van der Waals surface area contributed by atoms with Crippen molar-refractivity contribution in [3.8, 4) is 6.07 Å². The van der Waals surface area contributed by atoms with E-state index in [9.17, 15) is 10.1 Å². The highest BCUT2D eigenvalue weighted by atomic mass is 35.5. The summed E-state index contributed by atoms with van der Waals surface area (Å²) in [6, 6.07) is 11.6. The number of amides is 1. The maximum Gasteiger partial charge on any atom is 0.273 e. The number of rotatable bonds is 6. The summed E-state index contributed by atoms with van der Waals surface area (Å²) in [5.41, 5.74) is 5.04. The monoisotopic (exact) mass is 485 g/mol. The molecule has 3 heterocycles. The van der Waals surface area contributed by atoms with Crippen molar-refractivity contribution in [1.82, 2.24) is 29.7 Å². The number of imidazole rings is 1. The first kappa shape index (κ1) is 21.8. The Kier molecular flexibility index (Phi) is 5.30. The highest BCUT2D eigenvalue weighted by Crippen LogP contribution is 2.40. The molecule has 0 spiro atoms. The van der Waals surface area contributed by atoms with Crippen LogP contribution in [0.1, 0.15) is 83.4 Å². The molecule has 8 nitrogen and oxygen atoms in total. The minimum Gasteiger partial charge on any atom is -0.348 e. The molecule has 0 saturated heterocycles. The van der Waals surface area contributed by atoms with Gasteiger partial charge in [0, 0.05) is 29.4 Å². The van der Waals surface area contributed by atoms with E-state index in [1.807, 2.05) is 25.1 Å². The summed E-state index contributed by atoms with van der Waals surface area (Å²) < 4.78 is 3.78. The lowest BCUT2D eigenvalue weighted by atomic mass is 9.74. The fraction of sp³-hybridized carbons (Fsp3) is 0.346. The van der Waals surface area contributed by atoms with Crippen molar-refractivity contribution in [2.75, 3.05) is 0 Å². The van der Waals surface area contributed by atoms with Crippen LogP contribution in [0.4, 0.5) is 0 Å². The van der Waals surface area contributed by atoms with Gasteiger partial charge in [-0.25, -0.2) is 9.67 Å². The third kappa shape index (κ3) is 4.17. The number of nitrogens with one attached hydrogen (secondary N) is 1. The van der Waals surface area contributed by atoms with Crippen LogP contribution in [-0.4, -0.2) is 36.3 Å². The summed E-state index contributed by atoms with van der Waals surface area (Å²) >= 11 is 6.12. The van der Waals surface area contributed by atoms with Gasteiger partial charge in [0.1, 0.15) is 5.65 Å². The highest BCUT2D eigenvalue weighted by molar-refractivity contribution is 6.30. The smallest absolute Gasteiger partial charge is 0.273 e. The molecular weight excluding hydrogens is 462 g/mol. The van der Waals surface area contributed by atoms with Gasteiger partial charge in [-0.1, -0.05) is 22.9 Å². The van der Waals surface area contributed by atoms with E-state index in [0.29, 0.717) is 22.2 Å². The van der Waals surface area contributed by atoms with E-state index in [-0.39, 0.29) is 23.9 Å². The van der Waals surface area contributed by atoms with E-state index in [1.165, 1.54) is 12.8 Å². The number of fused-ring (bicyclic) bond motifs is 1. The first-order chi connectivity index (χ1) is 17.0. The van der Waals surface area contributed by atoms with Crippen molar-refractivity contribution >= 4 is 23.2 Å². The van der Waals surface area contributed by atoms with E-state index < -0.39 is 0 Å². The zero-order chi connectivity index (χ0) is 24.1. The quantitative estimate of drug-likeness (QED) is 0.429. The lowest BCUT2D eigenvalue weighted by Crippen LogP contribution is -2.43. The number of carbonyl (C=O) groups excluding carboxylic acids is 1. The summed E-state index contributed by atoms with van der Waals surface area (Å²) in [6.07, 6.45) is 9.84. The lowest BCUT2D eigenvalue weighted by Gasteiger charge is -2.36. The minimum atomic E-state index is -0.238. The van der Waals surface area contributed by atoms with E-state index in [0.717, 1.165) is 35.3 Å². The molecule has 0 aliphatic heterocycles. The molecule has 1 amide bonds. The number of aromatic nitrogens is 5. The third-order valence-corrected chi connectivity index (χ3v) is 7.39. The van der Waals surface area contributed by atoms with Gasteiger partial charge >= 0.3 is 0 Å². The van der Waals surface area contributed by atoms with Gasteiger partial charge in [0.25, 0.3) is 5.91 Å². The van der Waals surface area contributed by atoms with E-state index in [4.69, 9.17) is 16.6 Å². The molecular formula is C26H24ClN7O. The Morgan fingerprint density at radius 2 is 2.00 bits per heavy atom. The first-order valence-corrected chi connectivity index (χ1v) is 12.3. The summed E-state index contributed by atoms with van der Waals surface area (Å²) in [7, 11) is 0. The zero-order valence-electron chi connectivity index (χ0n) is 19.2. The molecule has 6 rings (SSSR count). The third-order valence-electron chi connectivity index (χ3n) is 7.16. The van der Waals surface area contributed by atoms with Gasteiger partial charge in [-0.05, 0) is 73.9 Å². The number of benzene rings is 1. The number of nitriles is 1. The standard InChI is InChI=1S/C26H24ClN7O/c1-15(18-5-7-25-30-23(16-2-3-16)13-33(25)12-18)34-14-24(31-32-34)26(35)29-21-8-19(9-21)22-10-20(27)6-4-17(22)11-28/h4-7,10,12-16,19,21H,2-3,8-9H2,1H3,(H,29,35)/t15-,19?,21?/m0/s1. The molecule has 1 aromatic carbocycles. The van der Waals surface area contributed by atoms with Crippen LogP contribution in [0, 0.1) is 11.3 Å². The molecule has 9 heteroatoms. The Hall–Kier alpha value is -3.70. The molecule has 176 valence electrons. The second-order valence-electron chi connectivity index (χ2n) is 9.61. The fourth-order valence-electron chi connectivity index (χ4n) is 4.80. The number of halogens is 1. The maximum atomic E-state index is 12.8. The average molecular weight is 486 g/mol. The fourth-order valence-corrected chi connectivity index (χ4v) is 4.98. The van der Waals surface area contributed by atoms with Crippen LogP contribution in [0.5, 0.6) is 0 Å². The van der Waals surface area contributed by atoms with Crippen molar-refractivity contribution in [2.24, 2.45) is 0 Å². The van der Waals surface area contributed by atoms with Crippen LogP contribution < -0.4 is 5.32 Å². The lowest BCUT2D eigenvalue weighted by molar-refractivity contribution is 0.0903. The topological polar surface area (TPSA) is 101 Å². The molecule has 1 N–H and O–H groups in total. The maximum absolute atomic E-state index is 12.8. The summed E-state index contributed by atoms with van der Waals surface area (Å²) in [5, 5.41) is 21.3. The van der Waals surface area contributed by atoms with Gasteiger partial charge in [-0.2, -0.15) is 5.26 Å². The van der Waals surface area contributed by atoms with Crippen molar-refractivity contribution in [3.63, 3.8) is 0 Å². The average Bonchev–Trinajstić information content (AvgIpc) is 3.40. The molecule has 2 aliphatic carbocycles. The van der Waals surface area contributed by atoms with Crippen LogP contribution in [0.2, 0.25) is 5.02 Å². The first-order valence-electron chi connectivity index (χ1n) is 11.9. The van der Waals surface area contributed by atoms with Crippen molar-refractivity contribution in [3.05, 3.63) is 82.0 Å². The molecule has 3 aromatic heterocycles. The van der Waals surface area contributed by atoms with Crippen molar-refractivity contribution < 1.29 is 4.79 Å². The zero-order valence-corrected chi connectivity index (χ0v) is 20.0. The molecule has 2 saturated carbocycles. The molecule has 35 heavy (non-hydrogen) atoms. The Balaban J connectivity index is 1.10. The van der Waals surface area contributed by atoms with Crippen molar-refractivity contribution in [2.45, 2.75) is 56.5 Å². The van der Waals surface area contributed by atoms with Gasteiger partial charge < -0.3 is 9.72 Å². The van der Waals surface area contributed by atoms with Crippen LogP contribution in [0.15, 0.2) is 48.9 Å². The minimum absolute atomic E-state index is 0.0323. The summed E-state index contributed by atoms with van der Waals surface area (Å²) in [4.78, 5) is 17.5. The molecule has 4 aromatic rings. The van der Waals surface area contributed by atoms with Crippen LogP contribution in [0.3, 0.4) is 0 Å². The van der Waals surface area contributed by atoms with Gasteiger partial charge in [-0.3, -0.25) is 4.79 Å². The normalized spacial score (nSPS) is 20.3. The molecule has 1 atom stereocenters. The van der Waals surface area contributed by atoms with E-state index in [1.54, 1.807) is 23.0 Å². The van der Waals surface area contributed by atoms with Crippen LogP contribution in [0.25, 0.3) is 5.65 Å². The molecule has 2 aliphatic rings. The number of pyridine rings is 1. The second-order valence-corrected chi connectivity index (χ2v) is 10.0. The Labute approximate surface area is 207 Å². The van der Waals surface area contributed by atoms with Gasteiger partial charge in [-0.15, -0.1) is 5.10 Å². The van der Waals surface area contributed by atoms with Gasteiger partial charge in [0.05, 0.1) is 29.6 Å². The van der Waals surface area contributed by atoms with Crippen molar-refractivity contribution in [1.29, 1.82) is 5.26 Å². The van der Waals surface area contributed by atoms with Gasteiger partial charge in [0.15, 0.2) is 5.69 Å². The van der Waals surface area contributed by atoms with Gasteiger partial charge in [0.2, 0.25) is 0 Å². The number of nitrogens with zero attached hydrogens (tertiary/aromatic N) is 6. The summed E-state index contributed by atoms with van der Waals surface area (Å²) in [5.74, 6) is 0.581. The van der Waals surface area contributed by atoms with Crippen LogP contribution in [-0.2, 0) is 0 Å². The Morgan fingerprint density at radius 3 is 2.77 bits per heavy atom. The Morgan fingerprint density at radius 1 is 1.17 bits per heavy atom.